The molecular weight excluding hydrogens is 470 g/mol. The third kappa shape index (κ3) is 5.70. The molecule has 34 heavy (non-hydrogen) atoms. The summed E-state index contributed by atoms with van der Waals surface area (Å²) < 4.78 is 7.12. The Morgan fingerprint density at radius 3 is 2.56 bits per heavy atom. The van der Waals surface area contributed by atoms with E-state index in [4.69, 9.17) is 16.3 Å². The number of methoxy groups -OCH3 is 1. The van der Waals surface area contributed by atoms with E-state index in [1.165, 1.54) is 11.8 Å². The molecule has 0 atom stereocenters. The van der Waals surface area contributed by atoms with Gasteiger partial charge < -0.3 is 15.4 Å². The van der Waals surface area contributed by atoms with E-state index in [9.17, 15) is 4.79 Å². The Balaban J connectivity index is 1.48. The van der Waals surface area contributed by atoms with E-state index in [1.807, 2.05) is 53.1 Å². The summed E-state index contributed by atoms with van der Waals surface area (Å²) >= 11 is 7.47. The average Bonchev–Trinajstić information content (AvgIpc) is 3.26. The Bertz CT molecular complexity index is 1280. The molecule has 4 aromatic rings. The topological polar surface area (TPSA) is 81.1 Å². The maximum Gasteiger partial charge on any atom is 0.234 e. The molecule has 7 nitrogen and oxygen atoms in total. The van der Waals surface area contributed by atoms with Gasteiger partial charge in [-0.2, -0.15) is 0 Å². The number of carbonyl (C=O) groups excluding carboxylic acids is 1. The van der Waals surface area contributed by atoms with Gasteiger partial charge in [-0.25, -0.2) is 0 Å². The molecule has 0 fully saturated rings. The minimum atomic E-state index is -0.173. The summed E-state index contributed by atoms with van der Waals surface area (Å²) in [5.41, 5.74) is 3.72. The lowest BCUT2D eigenvalue weighted by Gasteiger charge is -2.12. The third-order valence-corrected chi connectivity index (χ3v) is 6.29. The first kappa shape index (κ1) is 23.7. The number of halogens is 1. The molecule has 3 aromatic carbocycles. The number of carbonyl (C=O) groups is 1. The number of ether oxygens (including phenoxy) is 1. The number of anilines is 2. The first-order chi connectivity index (χ1) is 16.5. The summed E-state index contributed by atoms with van der Waals surface area (Å²) in [6.07, 6.45) is 0. The Morgan fingerprint density at radius 2 is 1.82 bits per heavy atom. The van der Waals surface area contributed by atoms with Gasteiger partial charge in [-0.1, -0.05) is 59.8 Å². The zero-order valence-electron chi connectivity index (χ0n) is 18.8. The van der Waals surface area contributed by atoms with E-state index in [0.29, 0.717) is 28.2 Å². The van der Waals surface area contributed by atoms with E-state index < -0.39 is 0 Å². The number of amides is 1. The maximum absolute atomic E-state index is 12.6. The number of para-hydroxylation sites is 2. The van der Waals surface area contributed by atoms with Gasteiger partial charge in [0.25, 0.3) is 0 Å². The van der Waals surface area contributed by atoms with Gasteiger partial charge in [-0.05, 0) is 48.9 Å². The maximum atomic E-state index is 12.6. The van der Waals surface area contributed by atoms with Gasteiger partial charge in [0.05, 0.1) is 24.4 Å². The molecule has 0 aliphatic carbocycles. The lowest BCUT2D eigenvalue weighted by molar-refractivity contribution is -0.113. The fourth-order valence-electron chi connectivity index (χ4n) is 3.36. The molecule has 174 valence electrons. The molecule has 0 aliphatic rings. The van der Waals surface area contributed by atoms with Crippen LogP contribution >= 0.6 is 23.4 Å². The van der Waals surface area contributed by atoms with Crippen LogP contribution in [0.2, 0.25) is 5.02 Å². The van der Waals surface area contributed by atoms with Gasteiger partial charge in [0.1, 0.15) is 5.75 Å². The summed E-state index contributed by atoms with van der Waals surface area (Å²) in [4.78, 5) is 12.6. The van der Waals surface area contributed by atoms with Crippen molar-refractivity contribution < 1.29 is 9.53 Å². The number of nitrogens with one attached hydrogen (secondary N) is 2. The van der Waals surface area contributed by atoms with Gasteiger partial charge in [-0.3, -0.25) is 9.36 Å². The van der Waals surface area contributed by atoms with Crippen LogP contribution in [-0.4, -0.2) is 33.5 Å². The summed E-state index contributed by atoms with van der Waals surface area (Å²) in [5, 5.41) is 16.1. The van der Waals surface area contributed by atoms with Crippen molar-refractivity contribution in [3.05, 3.63) is 89.2 Å². The highest BCUT2D eigenvalue weighted by Crippen LogP contribution is 2.28. The highest BCUT2D eigenvalue weighted by atomic mass is 35.5. The Hall–Kier alpha value is -3.49. The zero-order valence-corrected chi connectivity index (χ0v) is 20.4. The predicted octanol–water partition coefficient (Wildman–Crippen LogP) is 5.58. The van der Waals surface area contributed by atoms with Crippen LogP contribution in [0.15, 0.2) is 78.0 Å². The van der Waals surface area contributed by atoms with Crippen LogP contribution in [0.25, 0.3) is 5.69 Å². The van der Waals surface area contributed by atoms with Crippen molar-refractivity contribution >= 4 is 40.6 Å². The number of hydrogen-bond donors (Lipinski definition) is 2. The smallest absolute Gasteiger partial charge is 0.234 e. The predicted molar refractivity (Wildman–Crippen MR) is 137 cm³/mol. The van der Waals surface area contributed by atoms with Crippen molar-refractivity contribution in [3.63, 3.8) is 0 Å². The molecule has 0 saturated carbocycles. The number of nitrogens with zero attached hydrogens (tertiary/aromatic N) is 3. The van der Waals surface area contributed by atoms with Gasteiger partial charge in [0.15, 0.2) is 11.0 Å². The number of aryl methyl sites for hydroxylation is 1. The van der Waals surface area contributed by atoms with Crippen LogP contribution in [0, 0.1) is 6.92 Å². The first-order valence-electron chi connectivity index (χ1n) is 10.6. The SMILES string of the molecule is COc1ccc(NC(=O)CSc2nnc(CNc3ccccc3C)n2-c2ccccc2)cc1Cl. The summed E-state index contributed by atoms with van der Waals surface area (Å²) in [7, 11) is 1.55. The van der Waals surface area contributed by atoms with Gasteiger partial charge in [0.2, 0.25) is 5.91 Å². The van der Waals surface area contributed by atoms with Crippen molar-refractivity contribution in [1.29, 1.82) is 0 Å². The molecular formula is C25H24ClN5O2S. The summed E-state index contributed by atoms with van der Waals surface area (Å²) in [6, 6.07) is 23.1. The number of benzene rings is 3. The number of thioether (sulfide) groups is 1. The minimum Gasteiger partial charge on any atom is -0.495 e. The normalized spacial score (nSPS) is 10.7. The molecule has 0 unspecified atom stereocenters. The number of rotatable bonds is 9. The molecule has 0 bridgehead atoms. The number of aromatic nitrogens is 3. The highest BCUT2D eigenvalue weighted by molar-refractivity contribution is 7.99. The molecule has 0 aliphatic heterocycles. The Morgan fingerprint density at radius 1 is 1.06 bits per heavy atom. The van der Waals surface area contributed by atoms with Crippen LogP contribution in [0.4, 0.5) is 11.4 Å². The van der Waals surface area contributed by atoms with E-state index in [-0.39, 0.29) is 11.7 Å². The van der Waals surface area contributed by atoms with Crippen molar-refractivity contribution in [2.75, 3.05) is 23.5 Å². The van der Waals surface area contributed by atoms with E-state index in [2.05, 4.69) is 33.8 Å². The second-order valence-corrected chi connectivity index (χ2v) is 8.77. The highest BCUT2D eigenvalue weighted by Gasteiger charge is 2.16. The quantitative estimate of drug-likeness (QED) is 0.296. The third-order valence-electron chi connectivity index (χ3n) is 5.06. The molecule has 0 saturated heterocycles. The Kier molecular flexibility index (Phi) is 7.72. The second-order valence-electron chi connectivity index (χ2n) is 7.42. The summed E-state index contributed by atoms with van der Waals surface area (Å²) in [5.74, 6) is 1.30. The van der Waals surface area contributed by atoms with Crippen LogP contribution < -0.4 is 15.4 Å². The average molecular weight is 494 g/mol. The van der Waals surface area contributed by atoms with Crippen LogP contribution in [0.3, 0.4) is 0 Å². The molecule has 1 heterocycles. The second kappa shape index (κ2) is 11.1. The fraction of sp³-hybridized carbons (Fsp3) is 0.160. The van der Waals surface area contributed by atoms with Crippen molar-refractivity contribution in [3.8, 4) is 11.4 Å². The van der Waals surface area contributed by atoms with Crippen molar-refractivity contribution in [1.82, 2.24) is 14.8 Å². The molecule has 1 amide bonds. The van der Waals surface area contributed by atoms with Crippen LogP contribution in [0.1, 0.15) is 11.4 Å². The monoisotopic (exact) mass is 493 g/mol. The largest absolute Gasteiger partial charge is 0.495 e. The zero-order chi connectivity index (χ0) is 23.9. The Labute approximate surface area is 207 Å². The van der Waals surface area contributed by atoms with Crippen molar-refractivity contribution in [2.24, 2.45) is 0 Å². The fourth-order valence-corrected chi connectivity index (χ4v) is 4.39. The van der Waals surface area contributed by atoms with E-state index >= 15 is 0 Å². The van der Waals surface area contributed by atoms with Gasteiger partial charge in [0, 0.05) is 17.1 Å². The van der Waals surface area contributed by atoms with Crippen LogP contribution in [0.5, 0.6) is 5.75 Å². The van der Waals surface area contributed by atoms with Gasteiger partial charge in [-0.15, -0.1) is 10.2 Å². The molecule has 0 radical (unpaired) electrons. The first-order valence-corrected chi connectivity index (χ1v) is 12.0. The number of hydrogen-bond acceptors (Lipinski definition) is 6. The standard InChI is InChI=1S/C25H24ClN5O2S/c1-17-8-6-7-11-21(17)27-15-23-29-30-25(31(23)19-9-4-3-5-10-19)34-16-24(32)28-18-12-13-22(33-2)20(26)14-18/h3-14,27H,15-16H2,1-2H3,(H,28,32). The summed E-state index contributed by atoms with van der Waals surface area (Å²) in [6.45, 7) is 2.55. The lowest BCUT2D eigenvalue weighted by Crippen LogP contribution is -2.15. The van der Waals surface area contributed by atoms with E-state index in [0.717, 1.165) is 22.8 Å². The molecule has 9 heteroatoms. The lowest BCUT2D eigenvalue weighted by atomic mass is 10.2. The van der Waals surface area contributed by atoms with E-state index in [1.54, 1.807) is 25.3 Å². The molecule has 4 rings (SSSR count). The minimum absolute atomic E-state index is 0.167. The molecule has 0 spiro atoms. The van der Waals surface area contributed by atoms with Crippen molar-refractivity contribution in [2.45, 2.75) is 18.6 Å². The van der Waals surface area contributed by atoms with Crippen LogP contribution in [-0.2, 0) is 11.3 Å². The molecule has 1 aromatic heterocycles. The molecule has 2 N–H and O–H groups in total. The van der Waals surface area contributed by atoms with Gasteiger partial charge >= 0.3 is 0 Å².